The highest BCUT2D eigenvalue weighted by molar-refractivity contribution is 5.94. The Morgan fingerprint density at radius 1 is 1.41 bits per heavy atom. The molecule has 7 heteroatoms. The smallest absolute Gasteiger partial charge is 0.251 e. The molecular formula is C15H18FN3O3. The van der Waals surface area contributed by atoms with Crippen LogP contribution in [0, 0.1) is 5.82 Å². The Morgan fingerprint density at radius 3 is 2.95 bits per heavy atom. The van der Waals surface area contributed by atoms with Gasteiger partial charge in [-0.15, -0.1) is 0 Å². The molecule has 0 aliphatic heterocycles. The van der Waals surface area contributed by atoms with Crippen LogP contribution in [0.1, 0.15) is 16.8 Å². The van der Waals surface area contributed by atoms with Crippen LogP contribution in [0.4, 0.5) is 4.39 Å². The summed E-state index contributed by atoms with van der Waals surface area (Å²) in [5.74, 6) is -0.851. The van der Waals surface area contributed by atoms with Crippen molar-refractivity contribution in [1.82, 2.24) is 15.1 Å². The minimum atomic E-state index is -0.511. The Kier molecular flexibility index (Phi) is 6.05. The fraction of sp³-hybridized carbons (Fsp3) is 0.333. The highest BCUT2D eigenvalue weighted by Crippen LogP contribution is 2.14. The summed E-state index contributed by atoms with van der Waals surface area (Å²) >= 11 is 0. The summed E-state index contributed by atoms with van der Waals surface area (Å²) in [7, 11) is 0. The number of ether oxygens (including phenoxy) is 1. The third-order valence-electron chi connectivity index (χ3n) is 2.95. The van der Waals surface area contributed by atoms with Gasteiger partial charge >= 0.3 is 0 Å². The zero-order chi connectivity index (χ0) is 15.8. The van der Waals surface area contributed by atoms with Crippen molar-refractivity contribution in [3.05, 3.63) is 48.0 Å². The van der Waals surface area contributed by atoms with E-state index < -0.39 is 5.82 Å². The minimum absolute atomic E-state index is 0.0196. The van der Waals surface area contributed by atoms with Gasteiger partial charge in [-0.3, -0.25) is 4.79 Å². The van der Waals surface area contributed by atoms with Gasteiger partial charge in [0, 0.05) is 31.1 Å². The Hall–Kier alpha value is -2.25. The number of hydrogen-bond donors (Lipinski definition) is 2. The molecule has 0 bridgehead atoms. The van der Waals surface area contributed by atoms with Crippen LogP contribution in [0.25, 0.3) is 5.69 Å². The van der Waals surface area contributed by atoms with Crippen molar-refractivity contribution < 1.29 is 19.0 Å². The Labute approximate surface area is 127 Å². The summed E-state index contributed by atoms with van der Waals surface area (Å²) < 4.78 is 20.5. The second-order valence-electron chi connectivity index (χ2n) is 4.56. The first kappa shape index (κ1) is 16.1. The molecule has 2 N–H and O–H groups in total. The van der Waals surface area contributed by atoms with Crippen molar-refractivity contribution in [1.29, 1.82) is 0 Å². The van der Waals surface area contributed by atoms with E-state index in [-0.39, 0.29) is 24.7 Å². The normalized spacial score (nSPS) is 10.6. The number of halogens is 1. The van der Waals surface area contributed by atoms with E-state index in [1.165, 1.54) is 16.8 Å². The van der Waals surface area contributed by atoms with Gasteiger partial charge < -0.3 is 15.2 Å². The van der Waals surface area contributed by atoms with Crippen LogP contribution in [0.15, 0.2) is 36.7 Å². The van der Waals surface area contributed by atoms with Crippen LogP contribution in [-0.2, 0) is 4.74 Å². The van der Waals surface area contributed by atoms with Gasteiger partial charge in [0.1, 0.15) is 11.5 Å². The fourth-order valence-corrected chi connectivity index (χ4v) is 1.89. The molecule has 0 unspecified atom stereocenters. The van der Waals surface area contributed by atoms with Crippen molar-refractivity contribution in [2.45, 2.75) is 6.42 Å². The van der Waals surface area contributed by atoms with Crippen LogP contribution >= 0.6 is 0 Å². The largest absolute Gasteiger partial charge is 0.394 e. The molecule has 22 heavy (non-hydrogen) atoms. The molecule has 0 spiro atoms. The predicted molar refractivity (Wildman–Crippen MR) is 78.4 cm³/mol. The molecule has 0 fully saturated rings. The molecule has 2 aromatic rings. The zero-order valence-corrected chi connectivity index (χ0v) is 12.0. The standard InChI is InChI=1S/C15H18FN3O3/c16-13-11-12(3-4-14(13)19-7-1-6-18-19)15(21)17-5-2-9-22-10-8-20/h1,3-4,6-7,11,20H,2,5,8-10H2,(H,17,21). The number of carbonyl (C=O) groups excluding carboxylic acids is 1. The lowest BCUT2D eigenvalue weighted by molar-refractivity contribution is 0.0867. The van der Waals surface area contributed by atoms with Gasteiger partial charge in [0.25, 0.3) is 5.91 Å². The van der Waals surface area contributed by atoms with Gasteiger partial charge in [0.15, 0.2) is 0 Å². The van der Waals surface area contributed by atoms with E-state index in [1.807, 2.05) is 0 Å². The average molecular weight is 307 g/mol. The summed E-state index contributed by atoms with van der Waals surface area (Å²) in [5, 5.41) is 15.2. The summed E-state index contributed by atoms with van der Waals surface area (Å²) in [6, 6.07) is 5.95. The van der Waals surface area contributed by atoms with Crippen molar-refractivity contribution in [3.8, 4) is 5.69 Å². The molecule has 0 saturated carbocycles. The topological polar surface area (TPSA) is 76.4 Å². The first-order valence-corrected chi connectivity index (χ1v) is 6.98. The van der Waals surface area contributed by atoms with E-state index in [0.29, 0.717) is 25.3 Å². The monoisotopic (exact) mass is 307 g/mol. The van der Waals surface area contributed by atoms with Crippen LogP contribution in [0.2, 0.25) is 0 Å². The average Bonchev–Trinajstić information content (AvgIpc) is 3.04. The third kappa shape index (κ3) is 4.37. The summed E-state index contributed by atoms with van der Waals surface area (Å²) in [6.07, 6.45) is 3.81. The molecule has 0 saturated heterocycles. The number of rotatable bonds is 8. The van der Waals surface area contributed by atoms with E-state index in [1.54, 1.807) is 24.5 Å². The SMILES string of the molecule is O=C(NCCCOCCO)c1ccc(-n2cccn2)c(F)c1. The first-order valence-electron chi connectivity index (χ1n) is 6.98. The molecule has 0 aliphatic carbocycles. The maximum absolute atomic E-state index is 14.0. The lowest BCUT2D eigenvalue weighted by atomic mass is 10.2. The highest BCUT2D eigenvalue weighted by Gasteiger charge is 2.10. The summed E-state index contributed by atoms with van der Waals surface area (Å²) in [6.45, 7) is 1.14. The fourth-order valence-electron chi connectivity index (χ4n) is 1.89. The number of carbonyl (C=O) groups is 1. The van der Waals surface area contributed by atoms with Gasteiger partial charge in [-0.05, 0) is 30.7 Å². The zero-order valence-electron chi connectivity index (χ0n) is 12.0. The Bertz CT molecular complexity index is 602. The second-order valence-corrected chi connectivity index (χ2v) is 4.56. The first-order chi connectivity index (χ1) is 10.7. The second kappa shape index (κ2) is 8.26. The number of aliphatic hydroxyl groups is 1. The summed E-state index contributed by atoms with van der Waals surface area (Å²) in [4.78, 5) is 11.9. The maximum atomic E-state index is 14.0. The lowest BCUT2D eigenvalue weighted by Gasteiger charge is -2.08. The number of aromatic nitrogens is 2. The number of benzene rings is 1. The number of aliphatic hydroxyl groups excluding tert-OH is 1. The Balaban J connectivity index is 1.87. The molecule has 1 aromatic carbocycles. The molecule has 0 aliphatic rings. The number of nitrogens with one attached hydrogen (secondary N) is 1. The molecule has 6 nitrogen and oxygen atoms in total. The molecule has 1 aromatic heterocycles. The summed E-state index contributed by atoms with van der Waals surface area (Å²) in [5.41, 5.74) is 0.545. The molecule has 1 amide bonds. The third-order valence-corrected chi connectivity index (χ3v) is 2.95. The van der Waals surface area contributed by atoms with E-state index in [0.717, 1.165) is 0 Å². The maximum Gasteiger partial charge on any atom is 0.251 e. The van der Waals surface area contributed by atoms with Gasteiger partial charge in [-0.1, -0.05) is 0 Å². The van der Waals surface area contributed by atoms with Crippen LogP contribution in [0.3, 0.4) is 0 Å². The molecular weight excluding hydrogens is 289 g/mol. The van der Waals surface area contributed by atoms with Crippen LogP contribution in [-0.4, -0.2) is 47.2 Å². The molecule has 118 valence electrons. The van der Waals surface area contributed by atoms with Crippen LogP contribution < -0.4 is 5.32 Å². The van der Waals surface area contributed by atoms with Crippen molar-refractivity contribution in [2.75, 3.05) is 26.4 Å². The van der Waals surface area contributed by atoms with Gasteiger partial charge in [-0.2, -0.15) is 5.10 Å². The quantitative estimate of drug-likeness (QED) is 0.717. The minimum Gasteiger partial charge on any atom is -0.394 e. The number of amides is 1. The van der Waals surface area contributed by atoms with Crippen molar-refractivity contribution >= 4 is 5.91 Å². The van der Waals surface area contributed by atoms with E-state index in [9.17, 15) is 9.18 Å². The van der Waals surface area contributed by atoms with Crippen LogP contribution in [0.5, 0.6) is 0 Å². The van der Waals surface area contributed by atoms with Gasteiger partial charge in [-0.25, -0.2) is 9.07 Å². The van der Waals surface area contributed by atoms with E-state index >= 15 is 0 Å². The highest BCUT2D eigenvalue weighted by atomic mass is 19.1. The van der Waals surface area contributed by atoms with E-state index in [2.05, 4.69) is 10.4 Å². The number of nitrogens with zero attached hydrogens (tertiary/aromatic N) is 2. The van der Waals surface area contributed by atoms with Crippen molar-refractivity contribution in [3.63, 3.8) is 0 Å². The van der Waals surface area contributed by atoms with Crippen molar-refractivity contribution in [2.24, 2.45) is 0 Å². The molecule has 2 rings (SSSR count). The van der Waals surface area contributed by atoms with Gasteiger partial charge in [0.2, 0.25) is 0 Å². The van der Waals surface area contributed by atoms with Gasteiger partial charge in [0.05, 0.1) is 13.2 Å². The molecule has 1 heterocycles. The lowest BCUT2D eigenvalue weighted by Crippen LogP contribution is -2.25. The predicted octanol–water partition coefficient (Wildman–Crippen LogP) is 1.14. The Morgan fingerprint density at radius 2 is 2.27 bits per heavy atom. The molecule has 0 radical (unpaired) electrons. The molecule has 0 atom stereocenters. The van der Waals surface area contributed by atoms with E-state index in [4.69, 9.17) is 9.84 Å². The number of hydrogen-bond acceptors (Lipinski definition) is 4.